The van der Waals surface area contributed by atoms with Crippen molar-refractivity contribution in [3.63, 3.8) is 0 Å². The summed E-state index contributed by atoms with van der Waals surface area (Å²) < 4.78 is 14.8. The summed E-state index contributed by atoms with van der Waals surface area (Å²) in [7, 11) is 0. The van der Waals surface area contributed by atoms with Crippen LogP contribution in [0.4, 0.5) is 4.39 Å². The minimum Gasteiger partial charge on any atom is -0.236 e. The van der Waals surface area contributed by atoms with E-state index in [2.05, 4.69) is 15.1 Å². The summed E-state index contributed by atoms with van der Waals surface area (Å²) >= 11 is 0. The molecule has 0 bridgehead atoms. The molecule has 1 aromatic carbocycles. The van der Waals surface area contributed by atoms with Crippen molar-refractivity contribution < 1.29 is 4.39 Å². The van der Waals surface area contributed by atoms with Gasteiger partial charge in [0.05, 0.1) is 5.69 Å². The van der Waals surface area contributed by atoms with E-state index < -0.39 is 0 Å². The monoisotopic (exact) mass is 228 g/mol. The second-order valence-electron chi connectivity index (χ2n) is 3.76. The van der Waals surface area contributed by atoms with Crippen molar-refractivity contribution in [2.75, 3.05) is 0 Å². The quantitative estimate of drug-likeness (QED) is 0.641. The Morgan fingerprint density at radius 2 is 2.12 bits per heavy atom. The van der Waals surface area contributed by atoms with Crippen LogP contribution in [0.1, 0.15) is 5.56 Å². The number of hydrogen-bond donors (Lipinski definition) is 0. The molecule has 2 aromatic heterocycles. The van der Waals surface area contributed by atoms with E-state index in [-0.39, 0.29) is 5.82 Å². The largest absolute Gasteiger partial charge is 0.236 e. The average Bonchev–Trinajstić information content (AvgIpc) is 2.78. The summed E-state index contributed by atoms with van der Waals surface area (Å²) in [6, 6.07) is 6.36. The van der Waals surface area contributed by atoms with Gasteiger partial charge in [0, 0.05) is 11.1 Å². The predicted octanol–water partition coefficient (Wildman–Crippen LogP) is 2.24. The molecule has 2 heterocycles. The molecule has 4 nitrogen and oxygen atoms in total. The van der Waals surface area contributed by atoms with E-state index in [1.165, 1.54) is 18.5 Å². The molecule has 0 aliphatic heterocycles. The van der Waals surface area contributed by atoms with E-state index in [1.54, 1.807) is 16.9 Å². The third-order valence-corrected chi connectivity index (χ3v) is 2.66. The second-order valence-corrected chi connectivity index (χ2v) is 3.76. The molecule has 0 N–H and O–H groups in total. The summed E-state index contributed by atoms with van der Waals surface area (Å²) in [6.45, 7) is 1.90. The van der Waals surface area contributed by atoms with Crippen LogP contribution in [0.25, 0.3) is 16.9 Å². The normalized spacial score (nSPS) is 10.9. The molecule has 3 aromatic rings. The molecule has 17 heavy (non-hydrogen) atoms. The number of aryl methyl sites for hydroxylation is 1. The minimum absolute atomic E-state index is 0.273. The van der Waals surface area contributed by atoms with Crippen molar-refractivity contribution >= 4 is 5.65 Å². The Bertz CT molecular complexity index is 690. The van der Waals surface area contributed by atoms with Crippen molar-refractivity contribution in [2.45, 2.75) is 6.92 Å². The summed E-state index contributed by atoms with van der Waals surface area (Å²) in [5, 5.41) is 4.00. The van der Waals surface area contributed by atoms with E-state index in [1.807, 2.05) is 13.0 Å². The van der Waals surface area contributed by atoms with E-state index in [4.69, 9.17) is 0 Å². The van der Waals surface area contributed by atoms with Gasteiger partial charge in [0.1, 0.15) is 18.5 Å². The van der Waals surface area contributed by atoms with Crippen LogP contribution in [0, 0.1) is 12.7 Å². The van der Waals surface area contributed by atoms with Crippen LogP contribution in [0.15, 0.2) is 36.9 Å². The van der Waals surface area contributed by atoms with Gasteiger partial charge in [0.25, 0.3) is 0 Å². The Kier molecular flexibility index (Phi) is 2.11. The zero-order valence-corrected chi connectivity index (χ0v) is 9.13. The third-order valence-electron chi connectivity index (χ3n) is 2.66. The van der Waals surface area contributed by atoms with E-state index in [0.29, 0.717) is 0 Å². The molecule has 0 fully saturated rings. The molecule has 0 saturated carbocycles. The van der Waals surface area contributed by atoms with Crippen molar-refractivity contribution in [2.24, 2.45) is 0 Å². The number of nitrogens with zero attached hydrogens (tertiary/aromatic N) is 4. The van der Waals surface area contributed by atoms with E-state index in [9.17, 15) is 4.39 Å². The first-order valence-electron chi connectivity index (χ1n) is 5.16. The summed E-state index contributed by atoms with van der Waals surface area (Å²) in [6.07, 6.45) is 3.05. The number of fused-ring (bicyclic) bond motifs is 1. The van der Waals surface area contributed by atoms with E-state index >= 15 is 0 Å². The lowest BCUT2D eigenvalue weighted by Crippen LogP contribution is -1.96. The van der Waals surface area contributed by atoms with Gasteiger partial charge in [-0.3, -0.25) is 0 Å². The maximum atomic E-state index is 13.2. The molecule has 0 aliphatic carbocycles. The first kappa shape index (κ1) is 9.89. The first-order chi connectivity index (χ1) is 8.25. The fourth-order valence-corrected chi connectivity index (χ4v) is 1.85. The van der Waals surface area contributed by atoms with Gasteiger partial charge < -0.3 is 0 Å². The highest BCUT2D eigenvalue weighted by molar-refractivity contribution is 5.68. The molecule has 0 unspecified atom stereocenters. The van der Waals surface area contributed by atoms with Gasteiger partial charge in [-0.2, -0.15) is 5.10 Å². The molecule has 0 radical (unpaired) electrons. The van der Waals surface area contributed by atoms with Gasteiger partial charge in [-0.1, -0.05) is 12.1 Å². The SMILES string of the molecule is Cc1c(-c2cccc(F)c2)ncn2ncnc12. The molecular formula is C12H9FN4. The highest BCUT2D eigenvalue weighted by Crippen LogP contribution is 2.23. The number of rotatable bonds is 1. The maximum Gasteiger partial charge on any atom is 0.162 e. The van der Waals surface area contributed by atoms with Crippen molar-refractivity contribution in [1.29, 1.82) is 0 Å². The molecule has 0 amide bonds. The van der Waals surface area contributed by atoms with Crippen LogP contribution < -0.4 is 0 Å². The Morgan fingerprint density at radius 3 is 2.94 bits per heavy atom. The molecular weight excluding hydrogens is 219 g/mol. The summed E-state index contributed by atoms with van der Waals surface area (Å²) in [4.78, 5) is 8.43. The number of hydrogen-bond acceptors (Lipinski definition) is 3. The lowest BCUT2D eigenvalue weighted by atomic mass is 10.1. The number of halogens is 1. The molecule has 0 spiro atoms. The lowest BCUT2D eigenvalue weighted by Gasteiger charge is -2.05. The minimum atomic E-state index is -0.273. The van der Waals surface area contributed by atoms with Gasteiger partial charge in [0.2, 0.25) is 0 Å². The Morgan fingerprint density at radius 1 is 1.24 bits per heavy atom. The zero-order valence-electron chi connectivity index (χ0n) is 9.13. The topological polar surface area (TPSA) is 43.1 Å². The third kappa shape index (κ3) is 1.56. The predicted molar refractivity (Wildman–Crippen MR) is 60.9 cm³/mol. The molecule has 84 valence electrons. The second kappa shape index (κ2) is 3.62. The van der Waals surface area contributed by atoms with Crippen LogP contribution >= 0.6 is 0 Å². The van der Waals surface area contributed by atoms with Crippen LogP contribution in [-0.2, 0) is 0 Å². The van der Waals surface area contributed by atoms with Gasteiger partial charge in [-0.05, 0) is 19.1 Å². The number of benzene rings is 1. The van der Waals surface area contributed by atoms with Gasteiger partial charge >= 0.3 is 0 Å². The zero-order chi connectivity index (χ0) is 11.8. The Labute approximate surface area is 96.8 Å². The maximum absolute atomic E-state index is 13.2. The summed E-state index contributed by atoms with van der Waals surface area (Å²) in [5.41, 5.74) is 3.09. The van der Waals surface area contributed by atoms with E-state index in [0.717, 1.165) is 22.5 Å². The van der Waals surface area contributed by atoms with Crippen LogP contribution in [0.3, 0.4) is 0 Å². The van der Waals surface area contributed by atoms with Gasteiger partial charge in [-0.15, -0.1) is 0 Å². The molecule has 0 saturated heterocycles. The smallest absolute Gasteiger partial charge is 0.162 e. The standard InChI is InChI=1S/C12H9FN4/c1-8-11(9-3-2-4-10(13)5-9)15-7-17-12(8)14-6-16-17/h2-7H,1H3. The number of aromatic nitrogens is 4. The Hall–Kier alpha value is -2.30. The van der Waals surface area contributed by atoms with Crippen molar-refractivity contribution in [3.05, 3.63) is 48.3 Å². The summed E-state index contributed by atoms with van der Waals surface area (Å²) in [5.74, 6) is -0.273. The average molecular weight is 228 g/mol. The van der Waals surface area contributed by atoms with Crippen LogP contribution in [0.2, 0.25) is 0 Å². The Balaban J connectivity index is 2.27. The fourth-order valence-electron chi connectivity index (χ4n) is 1.85. The van der Waals surface area contributed by atoms with Gasteiger partial charge in [0.15, 0.2) is 5.65 Å². The van der Waals surface area contributed by atoms with Crippen LogP contribution in [0.5, 0.6) is 0 Å². The van der Waals surface area contributed by atoms with Crippen molar-refractivity contribution in [1.82, 2.24) is 19.6 Å². The highest BCUT2D eigenvalue weighted by atomic mass is 19.1. The first-order valence-corrected chi connectivity index (χ1v) is 5.16. The van der Waals surface area contributed by atoms with Crippen molar-refractivity contribution in [3.8, 4) is 11.3 Å². The lowest BCUT2D eigenvalue weighted by molar-refractivity contribution is 0.628. The van der Waals surface area contributed by atoms with Crippen LogP contribution in [-0.4, -0.2) is 19.6 Å². The molecule has 5 heteroatoms. The van der Waals surface area contributed by atoms with Gasteiger partial charge in [-0.25, -0.2) is 18.9 Å². The molecule has 0 aliphatic rings. The molecule has 3 rings (SSSR count). The fraction of sp³-hybridized carbons (Fsp3) is 0.0833. The molecule has 0 atom stereocenters. The highest BCUT2D eigenvalue weighted by Gasteiger charge is 2.09.